The molecule has 0 spiro atoms. The van der Waals surface area contributed by atoms with Crippen LogP contribution >= 0.6 is 11.8 Å². The highest BCUT2D eigenvalue weighted by Crippen LogP contribution is 2.25. The van der Waals surface area contributed by atoms with Gasteiger partial charge in [-0.25, -0.2) is 0 Å². The first-order chi connectivity index (χ1) is 14.0. The molecule has 0 bridgehead atoms. The summed E-state index contributed by atoms with van der Waals surface area (Å²) in [5, 5.41) is 5.80. The van der Waals surface area contributed by atoms with Crippen LogP contribution in [0, 0.1) is 0 Å². The lowest BCUT2D eigenvalue weighted by atomic mass is 10.0. The molecule has 0 aromatic heterocycles. The number of aryl methyl sites for hydroxylation is 1. The monoisotopic (exact) mass is 411 g/mol. The van der Waals surface area contributed by atoms with E-state index < -0.39 is 5.91 Å². The molecule has 2 aromatic carbocycles. The van der Waals surface area contributed by atoms with Crippen molar-refractivity contribution < 1.29 is 14.4 Å². The Morgan fingerprint density at radius 3 is 2.28 bits per heavy atom. The summed E-state index contributed by atoms with van der Waals surface area (Å²) in [6.07, 6.45) is 3.14. The molecule has 0 heterocycles. The van der Waals surface area contributed by atoms with E-state index in [0.717, 1.165) is 36.0 Å². The number of fused-ring (bicyclic) bond motifs is 1. The number of nitrogens with two attached hydrogens (primary N) is 1. The Morgan fingerprint density at radius 1 is 0.897 bits per heavy atom. The van der Waals surface area contributed by atoms with Crippen LogP contribution in [0.3, 0.4) is 0 Å². The summed E-state index contributed by atoms with van der Waals surface area (Å²) in [5.41, 5.74) is 10.3. The van der Waals surface area contributed by atoms with Crippen molar-refractivity contribution in [3.8, 4) is 0 Å². The van der Waals surface area contributed by atoms with Gasteiger partial charge in [0.15, 0.2) is 0 Å². The van der Waals surface area contributed by atoms with Gasteiger partial charge in [-0.3, -0.25) is 14.4 Å². The zero-order valence-corrected chi connectivity index (χ0v) is 17.0. The predicted molar refractivity (Wildman–Crippen MR) is 114 cm³/mol. The van der Waals surface area contributed by atoms with Crippen molar-refractivity contribution in [2.24, 2.45) is 5.73 Å². The fraction of sp³-hybridized carbons (Fsp3) is 0.318. The molecule has 0 fully saturated rings. The summed E-state index contributed by atoms with van der Waals surface area (Å²) in [5.74, 6) is -0.255. The van der Waals surface area contributed by atoms with Gasteiger partial charge < -0.3 is 16.4 Å². The molecule has 0 saturated carbocycles. The van der Waals surface area contributed by atoms with Crippen LogP contribution in [0.15, 0.2) is 42.5 Å². The Balaban J connectivity index is 1.45. The second-order valence-corrected chi connectivity index (χ2v) is 8.02. The average molecular weight is 412 g/mol. The molecule has 1 aliphatic rings. The van der Waals surface area contributed by atoms with E-state index >= 15 is 0 Å². The molecular weight excluding hydrogens is 386 g/mol. The highest BCUT2D eigenvalue weighted by molar-refractivity contribution is 8.00. The topological polar surface area (TPSA) is 101 Å². The second-order valence-electron chi connectivity index (χ2n) is 7.03. The first-order valence-corrected chi connectivity index (χ1v) is 10.8. The van der Waals surface area contributed by atoms with E-state index in [1.165, 1.54) is 22.9 Å². The summed E-state index contributed by atoms with van der Waals surface area (Å²) in [4.78, 5) is 34.9. The molecule has 2 aromatic rings. The lowest BCUT2D eigenvalue weighted by Gasteiger charge is -2.10. The normalized spacial score (nSPS) is 12.3. The summed E-state index contributed by atoms with van der Waals surface area (Å²) in [6.45, 7) is 0.873. The van der Waals surface area contributed by atoms with Gasteiger partial charge in [0.25, 0.3) is 5.91 Å². The first kappa shape index (κ1) is 20.9. The Bertz CT molecular complexity index is 897. The molecule has 29 heavy (non-hydrogen) atoms. The van der Waals surface area contributed by atoms with Gasteiger partial charge in [0.1, 0.15) is 0 Å². The van der Waals surface area contributed by atoms with E-state index in [2.05, 4.69) is 16.7 Å². The molecule has 3 amide bonds. The maximum Gasteiger partial charge on any atom is 0.251 e. The lowest BCUT2D eigenvalue weighted by molar-refractivity contribution is -0.118. The molecule has 0 saturated heterocycles. The molecule has 4 N–H and O–H groups in total. The number of hydrogen-bond acceptors (Lipinski definition) is 4. The third kappa shape index (κ3) is 6.09. The molecule has 1 aliphatic carbocycles. The van der Waals surface area contributed by atoms with Crippen LogP contribution < -0.4 is 16.4 Å². The van der Waals surface area contributed by atoms with E-state index in [9.17, 15) is 14.4 Å². The molecule has 0 radical (unpaired) electrons. The average Bonchev–Trinajstić information content (AvgIpc) is 3.20. The maximum atomic E-state index is 12.6. The molecule has 0 aliphatic heterocycles. The van der Waals surface area contributed by atoms with Crippen molar-refractivity contribution in [1.29, 1.82) is 0 Å². The Hall–Kier alpha value is -2.80. The zero-order valence-electron chi connectivity index (χ0n) is 16.2. The molecule has 6 nitrogen and oxygen atoms in total. The van der Waals surface area contributed by atoms with Crippen LogP contribution in [0.2, 0.25) is 0 Å². The van der Waals surface area contributed by atoms with E-state index in [1.807, 2.05) is 36.4 Å². The van der Waals surface area contributed by atoms with Gasteiger partial charge in [-0.15, -0.1) is 11.8 Å². The number of benzene rings is 2. The Morgan fingerprint density at radius 2 is 1.59 bits per heavy atom. The number of carbonyl (C=O) groups is 3. The number of amides is 3. The Labute approximate surface area is 174 Å². The van der Waals surface area contributed by atoms with Crippen LogP contribution in [0.4, 0.5) is 0 Å². The van der Waals surface area contributed by atoms with Gasteiger partial charge in [-0.1, -0.05) is 36.4 Å². The van der Waals surface area contributed by atoms with Crippen molar-refractivity contribution in [3.05, 3.63) is 70.3 Å². The molecule has 3 rings (SSSR count). The van der Waals surface area contributed by atoms with E-state index in [0.29, 0.717) is 13.1 Å². The summed E-state index contributed by atoms with van der Waals surface area (Å²) in [6, 6.07) is 13.7. The Kier molecular flexibility index (Phi) is 7.30. The quantitative estimate of drug-likeness (QED) is 0.587. The first-order valence-electron chi connectivity index (χ1n) is 9.62. The number of primary amides is 1. The van der Waals surface area contributed by atoms with Crippen LogP contribution in [-0.2, 0) is 35.5 Å². The van der Waals surface area contributed by atoms with Gasteiger partial charge in [0, 0.05) is 18.7 Å². The minimum absolute atomic E-state index is 0.0337. The van der Waals surface area contributed by atoms with Gasteiger partial charge in [-0.2, -0.15) is 0 Å². The molecule has 7 heteroatoms. The number of thioether (sulfide) groups is 1. The number of hydrogen-bond donors (Lipinski definition) is 3. The van der Waals surface area contributed by atoms with E-state index in [-0.39, 0.29) is 23.3 Å². The third-order valence-corrected chi connectivity index (χ3v) is 5.79. The second kappa shape index (κ2) is 10.1. The molecular formula is C22H25N3O3S. The smallest absolute Gasteiger partial charge is 0.251 e. The molecule has 0 unspecified atom stereocenters. The van der Waals surface area contributed by atoms with Gasteiger partial charge >= 0.3 is 0 Å². The van der Waals surface area contributed by atoms with Crippen molar-refractivity contribution in [2.75, 3.05) is 11.5 Å². The van der Waals surface area contributed by atoms with E-state index in [4.69, 9.17) is 5.73 Å². The third-order valence-electron chi connectivity index (χ3n) is 4.83. The number of rotatable bonds is 9. The van der Waals surface area contributed by atoms with Crippen LogP contribution in [0.5, 0.6) is 0 Å². The van der Waals surface area contributed by atoms with Gasteiger partial charge in [-0.05, 0) is 47.6 Å². The zero-order chi connectivity index (χ0) is 20.6. The minimum Gasteiger partial charge on any atom is -0.369 e. The van der Waals surface area contributed by atoms with Crippen molar-refractivity contribution in [1.82, 2.24) is 10.6 Å². The van der Waals surface area contributed by atoms with Crippen molar-refractivity contribution in [2.45, 2.75) is 32.4 Å². The van der Waals surface area contributed by atoms with Gasteiger partial charge in [0.2, 0.25) is 11.8 Å². The lowest BCUT2D eigenvalue weighted by Crippen LogP contribution is -2.26. The fourth-order valence-electron chi connectivity index (χ4n) is 3.38. The fourth-order valence-corrected chi connectivity index (χ4v) is 3.97. The highest BCUT2D eigenvalue weighted by atomic mass is 32.2. The standard InChI is InChI=1S/C22H25N3O3S/c23-20(26)13-29-14-21(27)24-11-15-7-9-16(10-8-15)12-25-22(28)19-6-2-4-17-3-1-5-18(17)19/h2,4,6-10H,1,3,5,11-14H2,(H2,23,26)(H,24,27)(H,25,28). The highest BCUT2D eigenvalue weighted by Gasteiger charge is 2.18. The summed E-state index contributed by atoms with van der Waals surface area (Å²) >= 11 is 1.19. The minimum atomic E-state index is -0.429. The predicted octanol–water partition coefficient (Wildman–Crippen LogP) is 1.94. The van der Waals surface area contributed by atoms with Crippen LogP contribution in [-0.4, -0.2) is 29.2 Å². The molecule has 0 atom stereocenters. The van der Waals surface area contributed by atoms with Crippen LogP contribution in [0.25, 0.3) is 0 Å². The number of nitrogens with one attached hydrogen (secondary N) is 2. The number of carbonyl (C=O) groups excluding carboxylic acids is 3. The maximum absolute atomic E-state index is 12.6. The van der Waals surface area contributed by atoms with Gasteiger partial charge in [0.05, 0.1) is 11.5 Å². The summed E-state index contributed by atoms with van der Waals surface area (Å²) in [7, 11) is 0. The van der Waals surface area contributed by atoms with Crippen molar-refractivity contribution in [3.63, 3.8) is 0 Å². The molecule has 152 valence electrons. The largest absolute Gasteiger partial charge is 0.369 e. The van der Waals surface area contributed by atoms with E-state index in [1.54, 1.807) is 0 Å². The SMILES string of the molecule is NC(=O)CSCC(=O)NCc1ccc(CNC(=O)c2cccc3c2CCC3)cc1. The van der Waals surface area contributed by atoms with Crippen LogP contribution in [0.1, 0.15) is 39.0 Å². The summed E-state index contributed by atoms with van der Waals surface area (Å²) < 4.78 is 0. The van der Waals surface area contributed by atoms with Crippen molar-refractivity contribution >= 4 is 29.5 Å².